The first kappa shape index (κ1) is 32.4. The van der Waals surface area contributed by atoms with Gasteiger partial charge in [0.15, 0.2) is 0 Å². The van der Waals surface area contributed by atoms with Crippen molar-refractivity contribution in [2.75, 3.05) is 12.8 Å². The standard InChI is InChI=1S/C40H38O5P/c1-31(41)44-36-28-34(29-37(30-36)45-32(2)42)21-20-33-22-24-35(25-23-33)43-26-12-13-27-46(38-14-6-3-7-15-38,39-16-8-4-9-17-39)40-18-10-5-11-19-40/h3-11,14-25,28-30H,12-13,26-27H2,1-2H3/q+1/b21-20+. The van der Waals surface area contributed by atoms with Gasteiger partial charge in [-0.05, 0) is 84.6 Å². The molecular weight excluding hydrogens is 591 g/mol. The van der Waals surface area contributed by atoms with Gasteiger partial charge in [0.2, 0.25) is 0 Å². The molecule has 0 heterocycles. The van der Waals surface area contributed by atoms with Crippen LogP contribution in [0.2, 0.25) is 0 Å². The van der Waals surface area contributed by atoms with Crippen LogP contribution in [0, 0.1) is 0 Å². The van der Waals surface area contributed by atoms with Gasteiger partial charge in [0, 0.05) is 19.9 Å². The molecule has 0 saturated heterocycles. The van der Waals surface area contributed by atoms with E-state index in [1.54, 1.807) is 12.1 Å². The molecule has 0 bridgehead atoms. The van der Waals surface area contributed by atoms with Crippen LogP contribution in [-0.4, -0.2) is 24.7 Å². The lowest BCUT2D eigenvalue weighted by molar-refractivity contribution is -0.132. The van der Waals surface area contributed by atoms with E-state index in [-0.39, 0.29) is 0 Å². The molecule has 0 aliphatic heterocycles. The van der Waals surface area contributed by atoms with Crippen molar-refractivity contribution in [2.45, 2.75) is 26.7 Å². The summed E-state index contributed by atoms with van der Waals surface area (Å²) >= 11 is 0. The van der Waals surface area contributed by atoms with E-state index in [1.165, 1.54) is 35.8 Å². The van der Waals surface area contributed by atoms with Gasteiger partial charge in [-0.3, -0.25) is 9.59 Å². The summed E-state index contributed by atoms with van der Waals surface area (Å²) < 4.78 is 16.6. The van der Waals surface area contributed by atoms with Crippen LogP contribution < -0.4 is 30.1 Å². The van der Waals surface area contributed by atoms with Crippen LogP contribution in [0.4, 0.5) is 0 Å². The van der Waals surface area contributed by atoms with Crippen molar-refractivity contribution in [3.8, 4) is 17.2 Å². The first-order valence-corrected chi connectivity index (χ1v) is 17.4. The third-order valence-electron chi connectivity index (χ3n) is 7.52. The molecule has 0 aromatic heterocycles. The molecule has 5 rings (SSSR count). The number of rotatable bonds is 13. The molecule has 0 unspecified atom stereocenters. The second kappa shape index (κ2) is 15.8. The molecule has 0 aliphatic rings. The lowest BCUT2D eigenvalue weighted by Crippen LogP contribution is -2.33. The van der Waals surface area contributed by atoms with Crippen LogP contribution in [0.15, 0.2) is 133 Å². The summed E-state index contributed by atoms with van der Waals surface area (Å²) in [5.41, 5.74) is 1.71. The van der Waals surface area contributed by atoms with E-state index in [9.17, 15) is 9.59 Å². The van der Waals surface area contributed by atoms with Crippen LogP contribution >= 0.6 is 7.26 Å². The third kappa shape index (κ3) is 8.59. The van der Waals surface area contributed by atoms with Crippen molar-refractivity contribution >= 4 is 47.3 Å². The molecule has 0 N–H and O–H groups in total. The summed E-state index contributed by atoms with van der Waals surface area (Å²) in [7, 11) is -1.84. The molecule has 46 heavy (non-hydrogen) atoms. The molecule has 5 aromatic rings. The van der Waals surface area contributed by atoms with Crippen molar-refractivity contribution in [1.29, 1.82) is 0 Å². The van der Waals surface area contributed by atoms with Crippen molar-refractivity contribution in [2.24, 2.45) is 0 Å². The topological polar surface area (TPSA) is 61.8 Å². The zero-order valence-electron chi connectivity index (χ0n) is 26.2. The number of hydrogen-bond acceptors (Lipinski definition) is 5. The number of esters is 2. The lowest BCUT2D eigenvalue weighted by Gasteiger charge is -2.27. The van der Waals surface area contributed by atoms with Crippen molar-refractivity contribution in [1.82, 2.24) is 0 Å². The summed E-state index contributed by atoms with van der Waals surface area (Å²) in [4.78, 5) is 22.9. The zero-order valence-corrected chi connectivity index (χ0v) is 27.1. The summed E-state index contributed by atoms with van der Waals surface area (Å²) in [6.07, 6.45) is 6.86. The Morgan fingerprint density at radius 3 is 1.46 bits per heavy atom. The number of unbranched alkanes of at least 4 members (excludes halogenated alkanes) is 1. The quantitative estimate of drug-likeness (QED) is 0.0436. The second-order valence-corrected chi connectivity index (χ2v) is 14.5. The van der Waals surface area contributed by atoms with Gasteiger partial charge < -0.3 is 14.2 Å². The summed E-state index contributed by atoms with van der Waals surface area (Å²) in [6.45, 7) is 3.29. The molecule has 232 valence electrons. The van der Waals surface area contributed by atoms with Crippen molar-refractivity contribution in [3.63, 3.8) is 0 Å². The third-order valence-corrected chi connectivity index (χ3v) is 12.0. The maximum Gasteiger partial charge on any atom is 0.308 e. The Morgan fingerprint density at radius 2 is 1.00 bits per heavy atom. The van der Waals surface area contributed by atoms with Gasteiger partial charge >= 0.3 is 11.9 Å². The average molecular weight is 630 g/mol. The van der Waals surface area contributed by atoms with Crippen molar-refractivity contribution in [3.05, 3.63) is 145 Å². The second-order valence-electron chi connectivity index (χ2n) is 10.9. The fourth-order valence-corrected chi connectivity index (χ4v) is 9.94. The van der Waals surface area contributed by atoms with Crippen LogP contribution in [-0.2, 0) is 9.59 Å². The molecule has 6 heteroatoms. The van der Waals surface area contributed by atoms with Crippen LogP contribution in [0.1, 0.15) is 37.8 Å². The molecular formula is C40H38O5P+. The molecule has 5 nitrogen and oxygen atoms in total. The van der Waals surface area contributed by atoms with Gasteiger partial charge in [-0.1, -0.05) is 78.9 Å². The maximum atomic E-state index is 11.4. The monoisotopic (exact) mass is 629 g/mol. The molecule has 0 fully saturated rings. The van der Waals surface area contributed by atoms with E-state index in [4.69, 9.17) is 14.2 Å². The summed E-state index contributed by atoms with van der Waals surface area (Å²) in [5, 5.41) is 4.20. The largest absolute Gasteiger partial charge is 0.494 e. The Morgan fingerprint density at radius 1 is 0.543 bits per heavy atom. The molecule has 0 atom stereocenters. The Hall–Kier alpha value is -4.99. The highest BCUT2D eigenvalue weighted by molar-refractivity contribution is 7.95. The Kier molecular flexibility index (Phi) is 11.2. The predicted octanol–water partition coefficient (Wildman–Crippen LogP) is 7.86. The highest BCUT2D eigenvalue weighted by atomic mass is 31.2. The number of carbonyl (C=O) groups is 2. The maximum absolute atomic E-state index is 11.4. The first-order chi connectivity index (χ1) is 22.4. The van der Waals surface area contributed by atoms with Gasteiger partial charge in [0.1, 0.15) is 40.4 Å². The van der Waals surface area contributed by atoms with E-state index in [0.717, 1.165) is 35.9 Å². The van der Waals surface area contributed by atoms with E-state index in [2.05, 4.69) is 91.0 Å². The smallest absolute Gasteiger partial charge is 0.308 e. The van der Waals surface area contributed by atoms with Gasteiger partial charge in [0.05, 0.1) is 12.8 Å². The molecule has 0 saturated carbocycles. The molecule has 0 amide bonds. The minimum atomic E-state index is -1.84. The van der Waals surface area contributed by atoms with Crippen LogP contribution in [0.25, 0.3) is 12.2 Å². The lowest BCUT2D eigenvalue weighted by atomic mass is 10.1. The Balaban J connectivity index is 1.23. The number of carbonyl (C=O) groups excluding carboxylic acids is 2. The highest BCUT2D eigenvalue weighted by Crippen LogP contribution is 2.55. The highest BCUT2D eigenvalue weighted by Gasteiger charge is 2.44. The van der Waals surface area contributed by atoms with E-state index >= 15 is 0 Å². The van der Waals surface area contributed by atoms with Gasteiger partial charge in [-0.2, -0.15) is 0 Å². The minimum Gasteiger partial charge on any atom is -0.494 e. The molecule has 0 spiro atoms. The average Bonchev–Trinajstić information content (AvgIpc) is 3.06. The number of benzene rings is 5. The number of hydrogen-bond donors (Lipinski definition) is 0. The van der Waals surface area contributed by atoms with Gasteiger partial charge in [0.25, 0.3) is 0 Å². The molecule has 0 aliphatic carbocycles. The Labute approximate surface area is 271 Å². The predicted molar refractivity (Wildman–Crippen MR) is 189 cm³/mol. The van der Waals surface area contributed by atoms with Crippen molar-refractivity contribution < 1.29 is 23.8 Å². The van der Waals surface area contributed by atoms with Crippen LogP contribution in [0.3, 0.4) is 0 Å². The summed E-state index contributed by atoms with van der Waals surface area (Å²) in [6, 6.07) is 45.8. The van der Waals surface area contributed by atoms with E-state index < -0.39 is 19.2 Å². The fourth-order valence-electron chi connectivity index (χ4n) is 5.53. The van der Waals surface area contributed by atoms with Crippen LogP contribution in [0.5, 0.6) is 17.2 Å². The van der Waals surface area contributed by atoms with E-state index in [1.807, 2.05) is 36.4 Å². The fraction of sp³-hybridized carbons (Fsp3) is 0.150. The van der Waals surface area contributed by atoms with Gasteiger partial charge in [-0.15, -0.1) is 0 Å². The Bertz CT molecular complexity index is 1620. The summed E-state index contributed by atoms with van der Waals surface area (Å²) in [5.74, 6) is 0.544. The SMILES string of the molecule is CC(=O)Oc1cc(/C=C/c2ccc(OCCCC[P+](c3ccccc3)(c3ccccc3)c3ccccc3)cc2)cc(OC(C)=O)c1. The zero-order chi connectivity index (χ0) is 32.2. The first-order valence-electron chi connectivity index (χ1n) is 15.4. The normalized spacial score (nSPS) is 11.3. The number of ether oxygens (including phenoxy) is 3. The minimum absolute atomic E-state index is 0.310. The molecule has 5 aromatic carbocycles. The molecule has 0 radical (unpaired) electrons. The van der Waals surface area contributed by atoms with Gasteiger partial charge in [-0.25, -0.2) is 0 Å². The van der Waals surface area contributed by atoms with E-state index in [0.29, 0.717) is 18.1 Å².